The lowest BCUT2D eigenvalue weighted by Gasteiger charge is -2.11. The standard InChI is InChI=1S/C22H20N2O6S/c25-12-14(26)11-23-21(27)17-2-1-3-18(24-17)22(28)30-15-4-5-16-19(10-15)29-8-6-13-7-9-31-20(13)16/h1-5,7,9-10,14,25-26H,6,8,11-12H2,(H,23,27). The third-order valence-electron chi connectivity index (χ3n) is 4.68. The van der Waals surface area contributed by atoms with Gasteiger partial charge < -0.3 is 25.0 Å². The zero-order valence-electron chi connectivity index (χ0n) is 16.4. The maximum atomic E-state index is 12.6. The zero-order valence-corrected chi connectivity index (χ0v) is 17.2. The molecule has 1 aliphatic heterocycles. The minimum absolute atomic E-state index is 0.00456. The van der Waals surface area contributed by atoms with E-state index in [1.807, 2.05) is 11.4 Å². The molecule has 3 N–H and O–H groups in total. The van der Waals surface area contributed by atoms with Crippen LogP contribution in [0.25, 0.3) is 10.4 Å². The highest BCUT2D eigenvalue weighted by Gasteiger charge is 2.19. The zero-order chi connectivity index (χ0) is 21.8. The van der Waals surface area contributed by atoms with Gasteiger partial charge in [-0.1, -0.05) is 6.07 Å². The van der Waals surface area contributed by atoms with Crippen LogP contribution < -0.4 is 14.8 Å². The van der Waals surface area contributed by atoms with E-state index in [4.69, 9.17) is 14.6 Å². The molecular weight excluding hydrogens is 420 g/mol. The van der Waals surface area contributed by atoms with E-state index in [1.165, 1.54) is 23.8 Å². The highest BCUT2D eigenvalue weighted by atomic mass is 32.1. The van der Waals surface area contributed by atoms with E-state index >= 15 is 0 Å². The number of hydrogen-bond donors (Lipinski definition) is 3. The van der Waals surface area contributed by atoms with Crippen molar-refractivity contribution in [1.82, 2.24) is 10.3 Å². The number of amides is 1. The molecule has 0 aliphatic carbocycles. The summed E-state index contributed by atoms with van der Waals surface area (Å²) >= 11 is 1.64. The van der Waals surface area contributed by atoms with Gasteiger partial charge in [0.25, 0.3) is 5.91 Å². The fraction of sp³-hybridized carbons (Fsp3) is 0.227. The van der Waals surface area contributed by atoms with Crippen LogP contribution in [0.3, 0.4) is 0 Å². The Balaban J connectivity index is 1.48. The largest absolute Gasteiger partial charge is 0.492 e. The molecule has 1 aliphatic rings. The number of pyridine rings is 1. The molecule has 2 aromatic heterocycles. The SMILES string of the molecule is O=C(NCC(O)CO)c1cccc(C(=O)Oc2ccc3c(c2)OCCc2ccsc2-3)n1. The topological polar surface area (TPSA) is 118 Å². The Bertz CT molecular complexity index is 1110. The molecule has 3 heterocycles. The summed E-state index contributed by atoms with van der Waals surface area (Å²) in [6, 6.07) is 11.7. The van der Waals surface area contributed by atoms with Crippen LogP contribution in [-0.2, 0) is 6.42 Å². The highest BCUT2D eigenvalue weighted by Crippen LogP contribution is 2.40. The van der Waals surface area contributed by atoms with Crippen molar-refractivity contribution >= 4 is 23.2 Å². The first kappa shape index (κ1) is 21.0. The summed E-state index contributed by atoms with van der Waals surface area (Å²) in [6.07, 6.45) is -0.255. The van der Waals surface area contributed by atoms with Gasteiger partial charge in [0.1, 0.15) is 22.9 Å². The second-order valence-corrected chi connectivity index (χ2v) is 7.79. The van der Waals surface area contributed by atoms with Gasteiger partial charge in [0, 0.05) is 29.5 Å². The second-order valence-electron chi connectivity index (χ2n) is 6.88. The third kappa shape index (κ3) is 4.74. The number of aromatic nitrogens is 1. The van der Waals surface area contributed by atoms with Crippen molar-refractivity contribution in [3.63, 3.8) is 0 Å². The van der Waals surface area contributed by atoms with Gasteiger partial charge in [0.2, 0.25) is 0 Å². The molecule has 9 heteroatoms. The lowest BCUT2D eigenvalue weighted by Crippen LogP contribution is -2.34. The Labute approximate surface area is 182 Å². The van der Waals surface area contributed by atoms with Crippen molar-refractivity contribution < 1.29 is 29.3 Å². The normalized spacial score (nSPS) is 13.2. The minimum Gasteiger partial charge on any atom is -0.492 e. The maximum absolute atomic E-state index is 12.6. The summed E-state index contributed by atoms with van der Waals surface area (Å²) in [5, 5.41) is 22.6. The van der Waals surface area contributed by atoms with Crippen LogP contribution >= 0.6 is 11.3 Å². The molecule has 0 radical (unpaired) electrons. The average Bonchev–Trinajstić information content (AvgIpc) is 3.18. The van der Waals surface area contributed by atoms with E-state index < -0.39 is 24.6 Å². The minimum atomic E-state index is -1.07. The first-order valence-electron chi connectivity index (χ1n) is 9.65. The van der Waals surface area contributed by atoms with Crippen molar-refractivity contribution in [2.45, 2.75) is 12.5 Å². The molecule has 1 aromatic carbocycles. The second kappa shape index (κ2) is 9.25. The molecule has 0 bridgehead atoms. The van der Waals surface area contributed by atoms with Crippen molar-refractivity contribution in [3.05, 3.63) is 64.8 Å². The summed E-state index contributed by atoms with van der Waals surface area (Å²) in [5.41, 5.74) is 2.16. The van der Waals surface area contributed by atoms with Gasteiger partial charge >= 0.3 is 5.97 Å². The Morgan fingerprint density at radius 1 is 1.23 bits per heavy atom. The fourth-order valence-electron chi connectivity index (χ4n) is 3.11. The molecule has 1 atom stereocenters. The average molecular weight is 440 g/mol. The van der Waals surface area contributed by atoms with Gasteiger partial charge in [0.15, 0.2) is 0 Å². The number of esters is 1. The number of carbonyl (C=O) groups is 2. The lowest BCUT2D eigenvalue weighted by atomic mass is 10.1. The number of carbonyl (C=O) groups excluding carboxylic acids is 2. The number of aliphatic hydroxyl groups is 2. The molecule has 31 heavy (non-hydrogen) atoms. The van der Waals surface area contributed by atoms with Crippen LogP contribution in [0.2, 0.25) is 0 Å². The Kier molecular flexibility index (Phi) is 6.26. The van der Waals surface area contributed by atoms with Crippen molar-refractivity contribution in [1.29, 1.82) is 0 Å². The predicted molar refractivity (Wildman–Crippen MR) is 114 cm³/mol. The van der Waals surface area contributed by atoms with E-state index in [0.717, 1.165) is 16.9 Å². The van der Waals surface area contributed by atoms with Gasteiger partial charge in [-0.25, -0.2) is 9.78 Å². The molecule has 0 saturated heterocycles. The summed E-state index contributed by atoms with van der Waals surface area (Å²) in [4.78, 5) is 29.9. The number of nitrogens with zero attached hydrogens (tertiary/aromatic N) is 1. The molecule has 0 saturated carbocycles. The molecular formula is C22H20N2O6S. The predicted octanol–water partition coefficient (Wildman–Crippen LogP) is 2.05. The number of ether oxygens (including phenoxy) is 2. The van der Waals surface area contributed by atoms with Crippen molar-refractivity contribution in [2.75, 3.05) is 19.8 Å². The Hall–Kier alpha value is -3.27. The van der Waals surface area contributed by atoms with E-state index in [0.29, 0.717) is 18.1 Å². The molecule has 0 fully saturated rings. The Morgan fingerprint density at radius 2 is 2.06 bits per heavy atom. The van der Waals surface area contributed by atoms with E-state index in [2.05, 4.69) is 16.4 Å². The van der Waals surface area contributed by atoms with Crippen LogP contribution in [0, 0.1) is 0 Å². The summed E-state index contributed by atoms with van der Waals surface area (Å²) in [7, 11) is 0. The maximum Gasteiger partial charge on any atom is 0.362 e. The van der Waals surface area contributed by atoms with E-state index in [9.17, 15) is 14.7 Å². The number of rotatable bonds is 6. The molecule has 4 rings (SSSR count). The Morgan fingerprint density at radius 3 is 2.90 bits per heavy atom. The van der Waals surface area contributed by atoms with Crippen LogP contribution in [-0.4, -0.2) is 52.9 Å². The van der Waals surface area contributed by atoms with Gasteiger partial charge in [0.05, 0.1) is 19.3 Å². The van der Waals surface area contributed by atoms with Crippen LogP contribution in [0.1, 0.15) is 26.5 Å². The number of thiophene rings is 1. The van der Waals surface area contributed by atoms with E-state index in [1.54, 1.807) is 23.5 Å². The smallest absolute Gasteiger partial charge is 0.362 e. The molecule has 8 nitrogen and oxygen atoms in total. The highest BCUT2D eigenvalue weighted by molar-refractivity contribution is 7.13. The van der Waals surface area contributed by atoms with Crippen molar-refractivity contribution in [3.8, 4) is 21.9 Å². The number of hydrogen-bond acceptors (Lipinski definition) is 8. The van der Waals surface area contributed by atoms with Crippen LogP contribution in [0.15, 0.2) is 47.8 Å². The van der Waals surface area contributed by atoms with Gasteiger partial charge in [-0.2, -0.15) is 0 Å². The third-order valence-corrected chi connectivity index (χ3v) is 5.67. The fourth-order valence-corrected chi connectivity index (χ4v) is 4.10. The molecule has 160 valence electrons. The molecule has 3 aromatic rings. The van der Waals surface area contributed by atoms with Gasteiger partial charge in [-0.3, -0.25) is 4.79 Å². The van der Waals surface area contributed by atoms with Crippen LogP contribution in [0.5, 0.6) is 11.5 Å². The quantitative estimate of drug-likeness (QED) is 0.397. The first-order chi connectivity index (χ1) is 15.0. The lowest BCUT2D eigenvalue weighted by molar-refractivity contribution is 0.0727. The van der Waals surface area contributed by atoms with Crippen molar-refractivity contribution in [2.24, 2.45) is 0 Å². The summed E-state index contributed by atoms with van der Waals surface area (Å²) in [5.74, 6) is -0.329. The number of fused-ring (bicyclic) bond motifs is 3. The van der Waals surface area contributed by atoms with E-state index in [-0.39, 0.29) is 17.9 Å². The first-order valence-corrected chi connectivity index (χ1v) is 10.5. The number of nitrogens with one attached hydrogen (secondary N) is 1. The number of benzene rings is 1. The van der Waals surface area contributed by atoms with Gasteiger partial charge in [-0.05, 0) is 41.3 Å². The van der Waals surface area contributed by atoms with Gasteiger partial charge in [-0.15, -0.1) is 11.3 Å². The summed E-state index contributed by atoms with van der Waals surface area (Å²) < 4.78 is 11.3. The molecule has 1 unspecified atom stereocenters. The monoisotopic (exact) mass is 440 g/mol. The van der Waals surface area contributed by atoms with Crippen LogP contribution in [0.4, 0.5) is 0 Å². The molecule has 1 amide bonds. The summed E-state index contributed by atoms with van der Waals surface area (Å²) in [6.45, 7) is -0.0665. The number of aliphatic hydroxyl groups excluding tert-OH is 2. The molecule has 0 spiro atoms.